The fraction of sp³-hybridized carbons (Fsp3) is 0.350. The number of hydrogen-bond acceptors (Lipinski definition) is 6. The average molecular weight is 370 g/mol. The fourth-order valence-electron chi connectivity index (χ4n) is 2.28. The first-order valence-corrected chi connectivity index (χ1v) is 9.44. The normalized spacial score (nSPS) is 10.2. The first-order chi connectivity index (χ1) is 12.5. The van der Waals surface area contributed by atoms with Crippen LogP contribution in [0.1, 0.15) is 41.9 Å². The molecule has 0 atom stereocenters. The van der Waals surface area contributed by atoms with Crippen molar-refractivity contribution in [2.24, 2.45) is 0 Å². The third-order valence-electron chi connectivity index (χ3n) is 3.57. The lowest BCUT2D eigenvalue weighted by Crippen LogP contribution is -2.04. The SMILES string of the molecule is CCCOc1ccc(OCCSc2nc(C)c(C(C)=O)cc2C#N)cc1. The predicted octanol–water partition coefficient (Wildman–Crippen LogP) is 4.42. The number of carbonyl (C=O) groups excluding carboxylic acids is 1. The van der Waals surface area contributed by atoms with Crippen LogP contribution in [0.25, 0.3) is 0 Å². The topological polar surface area (TPSA) is 72.2 Å². The largest absolute Gasteiger partial charge is 0.494 e. The quantitative estimate of drug-likeness (QED) is 0.369. The van der Waals surface area contributed by atoms with E-state index in [1.807, 2.05) is 24.3 Å². The highest BCUT2D eigenvalue weighted by Gasteiger charge is 2.12. The number of ketones is 1. The van der Waals surface area contributed by atoms with E-state index in [9.17, 15) is 10.1 Å². The van der Waals surface area contributed by atoms with Gasteiger partial charge >= 0.3 is 0 Å². The number of aromatic nitrogens is 1. The molecule has 0 radical (unpaired) electrons. The highest BCUT2D eigenvalue weighted by molar-refractivity contribution is 7.99. The number of Topliss-reactive ketones (excluding diaryl/α,β-unsaturated/α-hetero) is 1. The smallest absolute Gasteiger partial charge is 0.161 e. The zero-order valence-electron chi connectivity index (χ0n) is 15.2. The van der Waals surface area contributed by atoms with Crippen LogP contribution < -0.4 is 9.47 Å². The number of hydrogen-bond donors (Lipinski definition) is 0. The lowest BCUT2D eigenvalue weighted by atomic mass is 10.1. The van der Waals surface area contributed by atoms with Gasteiger partial charge in [-0.05, 0) is 50.6 Å². The Kier molecular flexibility index (Phi) is 7.49. The van der Waals surface area contributed by atoms with E-state index in [0.717, 1.165) is 17.9 Å². The van der Waals surface area contributed by atoms with Gasteiger partial charge in [0.15, 0.2) is 5.78 Å². The molecule has 0 unspecified atom stereocenters. The molecule has 0 amide bonds. The number of pyridine rings is 1. The zero-order chi connectivity index (χ0) is 18.9. The van der Waals surface area contributed by atoms with Gasteiger partial charge in [-0.3, -0.25) is 4.79 Å². The number of benzene rings is 1. The van der Waals surface area contributed by atoms with E-state index >= 15 is 0 Å². The highest BCUT2D eigenvalue weighted by Crippen LogP contribution is 2.24. The van der Waals surface area contributed by atoms with Crippen molar-refractivity contribution in [2.75, 3.05) is 19.0 Å². The van der Waals surface area contributed by atoms with Gasteiger partial charge in [-0.15, -0.1) is 11.8 Å². The van der Waals surface area contributed by atoms with Crippen LogP contribution in [-0.4, -0.2) is 29.7 Å². The fourth-order valence-corrected chi connectivity index (χ4v) is 3.10. The Balaban J connectivity index is 1.89. The Bertz CT molecular complexity index is 798. The van der Waals surface area contributed by atoms with Crippen LogP contribution in [0.15, 0.2) is 35.4 Å². The maximum atomic E-state index is 11.6. The molecule has 1 aromatic heterocycles. The molecule has 1 heterocycles. The Morgan fingerprint density at radius 3 is 2.35 bits per heavy atom. The molecule has 0 aliphatic carbocycles. The maximum Gasteiger partial charge on any atom is 0.161 e. The summed E-state index contributed by atoms with van der Waals surface area (Å²) in [6, 6.07) is 11.2. The van der Waals surface area contributed by atoms with E-state index in [1.54, 1.807) is 13.0 Å². The zero-order valence-corrected chi connectivity index (χ0v) is 16.1. The minimum atomic E-state index is -0.0854. The van der Waals surface area contributed by atoms with Crippen LogP contribution in [0.2, 0.25) is 0 Å². The number of aryl methyl sites for hydroxylation is 1. The Morgan fingerprint density at radius 1 is 1.19 bits per heavy atom. The van der Waals surface area contributed by atoms with Gasteiger partial charge < -0.3 is 9.47 Å². The summed E-state index contributed by atoms with van der Waals surface area (Å²) in [7, 11) is 0. The van der Waals surface area contributed by atoms with E-state index in [0.29, 0.717) is 40.8 Å². The first-order valence-electron chi connectivity index (χ1n) is 8.46. The molecule has 0 bridgehead atoms. The van der Waals surface area contributed by atoms with Crippen LogP contribution in [0, 0.1) is 18.3 Å². The highest BCUT2D eigenvalue weighted by atomic mass is 32.2. The standard InChI is InChI=1S/C20H22N2O3S/c1-4-9-24-17-5-7-18(8-6-17)25-10-11-26-20-16(13-21)12-19(15(3)23)14(2)22-20/h5-8,12H,4,9-11H2,1-3H3. The van der Waals surface area contributed by atoms with Crippen molar-refractivity contribution < 1.29 is 14.3 Å². The molecule has 0 saturated heterocycles. The molecule has 2 aromatic rings. The maximum absolute atomic E-state index is 11.6. The van der Waals surface area contributed by atoms with Gasteiger partial charge in [0.25, 0.3) is 0 Å². The van der Waals surface area contributed by atoms with Gasteiger partial charge in [-0.25, -0.2) is 4.98 Å². The van der Waals surface area contributed by atoms with E-state index in [1.165, 1.54) is 18.7 Å². The summed E-state index contributed by atoms with van der Waals surface area (Å²) in [4.78, 5) is 16.0. The summed E-state index contributed by atoms with van der Waals surface area (Å²) < 4.78 is 11.2. The van der Waals surface area contributed by atoms with Crippen molar-refractivity contribution in [3.63, 3.8) is 0 Å². The lowest BCUT2D eigenvalue weighted by Gasteiger charge is -2.09. The number of rotatable bonds is 9. The van der Waals surface area contributed by atoms with Crippen molar-refractivity contribution in [3.05, 3.63) is 47.2 Å². The van der Waals surface area contributed by atoms with Crippen LogP contribution >= 0.6 is 11.8 Å². The van der Waals surface area contributed by atoms with Crippen LogP contribution in [0.4, 0.5) is 0 Å². The van der Waals surface area contributed by atoms with Gasteiger partial charge in [0.2, 0.25) is 0 Å². The van der Waals surface area contributed by atoms with Gasteiger partial charge in [-0.1, -0.05) is 6.92 Å². The molecule has 0 N–H and O–H groups in total. The Labute approximate surface area is 158 Å². The summed E-state index contributed by atoms with van der Waals surface area (Å²) in [5, 5.41) is 9.91. The minimum absolute atomic E-state index is 0.0854. The van der Waals surface area contributed by atoms with E-state index in [-0.39, 0.29) is 5.78 Å². The summed E-state index contributed by atoms with van der Waals surface area (Å²) in [5.41, 5.74) is 1.55. The molecule has 0 saturated carbocycles. The molecule has 6 heteroatoms. The molecule has 0 aliphatic heterocycles. The second-order valence-electron chi connectivity index (χ2n) is 5.66. The molecular weight excluding hydrogens is 348 g/mol. The number of carbonyl (C=O) groups is 1. The van der Waals surface area contributed by atoms with E-state index < -0.39 is 0 Å². The van der Waals surface area contributed by atoms with Crippen molar-refractivity contribution in [2.45, 2.75) is 32.2 Å². The third kappa shape index (κ3) is 5.50. The summed E-state index contributed by atoms with van der Waals surface area (Å²) in [5.74, 6) is 2.16. The van der Waals surface area contributed by atoms with E-state index in [2.05, 4.69) is 18.0 Å². The van der Waals surface area contributed by atoms with Crippen LogP contribution in [0.5, 0.6) is 11.5 Å². The molecule has 136 valence electrons. The van der Waals surface area contributed by atoms with E-state index in [4.69, 9.17) is 9.47 Å². The molecule has 0 fully saturated rings. The number of nitrogens with zero attached hydrogens (tertiary/aromatic N) is 2. The van der Waals surface area contributed by atoms with Gasteiger partial charge in [0, 0.05) is 17.0 Å². The molecule has 0 spiro atoms. The lowest BCUT2D eigenvalue weighted by molar-refractivity contribution is 0.101. The molecule has 2 rings (SSSR count). The minimum Gasteiger partial charge on any atom is -0.494 e. The third-order valence-corrected chi connectivity index (χ3v) is 4.52. The van der Waals surface area contributed by atoms with Gasteiger partial charge in [0.05, 0.1) is 18.8 Å². The molecular formula is C20H22N2O3S. The summed E-state index contributed by atoms with van der Waals surface area (Å²) >= 11 is 1.45. The predicted molar refractivity (Wildman–Crippen MR) is 102 cm³/mol. The molecule has 0 aliphatic rings. The number of nitriles is 1. The monoisotopic (exact) mass is 370 g/mol. The molecule has 26 heavy (non-hydrogen) atoms. The Hall–Kier alpha value is -2.52. The number of thioether (sulfide) groups is 1. The number of ether oxygens (including phenoxy) is 2. The van der Waals surface area contributed by atoms with Crippen LogP contribution in [-0.2, 0) is 0 Å². The summed E-state index contributed by atoms with van der Waals surface area (Å²) in [6.45, 7) is 6.51. The second kappa shape index (κ2) is 9.83. The molecule has 1 aromatic carbocycles. The Morgan fingerprint density at radius 2 is 1.81 bits per heavy atom. The van der Waals surface area contributed by atoms with Crippen molar-refractivity contribution in [3.8, 4) is 17.6 Å². The first kappa shape index (κ1) is 19.8. The van der Waals surface area contributed by atoms with Crippen molar-refractivity contribution in [1.29, 1.82) is 5.26 Å². The van der Waals surface area contributed by atoms with Gasteiger partial charge in [0.1, 0.15) is 22.6 Å². The van der Waals surface area contributed by atoms with Crippen LogP contribution in [0.3, 0.4) is 0 Å². The molecule has 5 nitrogen and oxygen atoms in total. The summed E-state index contributed by atoms with van der Waals surface area (Å²) in [6.07, 6.45) is 0.973. The van der Waals surface area contributed by atoms with Gasteiger partial charge in [-0.2, -0.15) is 5.26 Å². The van der Waals surface area contributed by atoms with Crippen molar-refractivity contribution >= 4 is 17.5 Å². The second-order valence-corrected chi connectivity index (χ2v) is 6.74. The average Bonchev–Trinajstić information content (AvgIpc) is 2.64. The van der Waals surface area contributed by atoms with Crippen molar-refractivity contribution in [1.82, 2.24) is 4.98 Å².